The van der Waals surface area contributed by atoms with Crippen LogP contribution in [0.25, 0.3) is 0 Å². The van der Waals surface area contributed by atoms with E-state index in [9.17, 15) is 23.3 Å². The lowest BCUT2D eigenvalue weighted by Gasteiger charge is -2.09. The summed E-state index contributed by atoms with van der Waals surface area (Å²) in [4.78, 5) is 10.2. The fourth-order valence-electron chi connectivity index (χ4n) is 1.36. The van der Waals surface area contributed by atoms with Gasteiger partial charge in [-0.3, -0.25) is 0 Å². The van der Waals surface area contributed by atoms with Crippen LogP contribution >= 0.6 is 0 Å². The molecular formula is C9H9F3N2O2. The Balaban J connectivity index is 3.25. The Bertz CT molecular complexity index is 373. The van der Waals surface area contributed by atoms with Crippen molar-refractivity contribution in [2.24, 2.45) is 0 Å². The summed E-state index contributed by atoms with van der Waals surface area (Å²) in [6, 6.07) is 2.26. The third-order valence-electron chi connectivity index (χ3n) is 2.01. The molecule has 7 heteroatoms. The topological polar surface area (TPSA) is 55.2 Å². The molecule has 0 heterocycles. The van der Waals surface area contributed by atoms with E-state index in [4.69, 9.17) is 0 Å². The number of anilines is 1. The summed E-state index contributed by atoms with van der Waals surface area (Å²) in [6.07, 6.45) is 0. The zero-order chi connectivity index (χ0) is 12.1. The van der Waals surface area contributed by atoms with Crippen molar-refractivity contribution < 1.29 is 18.2 Å². The van der Waals surface area contributed by atoms with E-state index in [0.29, 0.717) is 0 Å². The van der Waals surface area contributed by atoms with Gasteiger partial charge >= 0.3 is 0 Å². The van der Waals surface area contributed by atoms with Crippen LogP contribution in [0.1, 0.15) is 16.7 Å². The van der Waals surface area contributed by atoms with Gasteiger partial charge in [0.1, 0.15) is 25.7 Å². The smallest absolute Gasteiger partial charge is 0.162 e. The average molecular weight is 234 g/mol. The number of hydrogen-bond acceptors (Lipinski definition) is 2. The van der Waals surface area contributed by atoms with Crippen LogP contribution in [0, 0.1) is 10.1 Å². The van der Waals surface area contributed by atoms with E-state index in [1.807, 2.05) is 0 Å². The van der Waals surface area contributed by atoms with E-state index in [0.717, 1.165) is 12.1 Å². The molecule has 0 unspecified atom stereocenters. The number of nitro groups is 1. The summed E-state index contributed by atoms with van der Waals surface area (Å²) in [5.74, 6) is 0. The van der Waals surface area contributed by atoms with Gasteiger partial charge in [0.25, 0.3) is 0 Å². The molecule has 1 aromatic rings. The molecule has 0 aliphatic rings. The minimum atomic E-state index is -1.03. The monoisotopic (exact) mass is 234 g/mol. The molecule has 0 amide bonds. The lowest BCUT2D eigenvalue weighted by Crippen LogP contribution is -2.12. The highest BCUT2D eigenvalue weighted by Crippen LogP contribution is 2.26. The number of rotatable bonds is 5. The lowest BCUT2D eigenvalue weighted by atomic mass is 10.0. The molecule has 16 heavy (non-hydrogen) atoms. The van der Waals surface area contributed by atoms with E-state index >= 15 is 0 Å². The summed E-state index contributed by atoms with van der Waals surface area (Å²) in [5, 5.41) is 9.32. The summed E-state index contributed by atoms with van der Waals surface area (Å²) in [7, 11) is 0. The average Bonchev–Trinajstić information content (AvgIpc) is 2.28. The molecule has 0 bridgehead atoms. The number of nitrogens with zero attached hydrogens (tertiary/aromatic N) is 1. The Hall–Kier alpha value is -1.79. The van der Waals surface area contributed by atoms with Gasteiger partial charge in [-0.05, 0) is 17.7 Å². The molecule has 0 saturated carbocycles. The summed E-state index contributed by atoms with van der Waals surface area (Å²) >= 11 is 0. The minimum Gasteiger partial charge on any atom is -0.246 e. The highest BCUT2D eigenvalue weighted by atomic mass is 19.1. The third-order valence-corrected chi connectivity index (χ3v) is 2.01. The molecule has 1 aromatic carbocycles. The van der Waals surface area contributed by atoms with E-state index in [1.54, 1.807) is 5.43 Å². The van der Waals surface area contributed by atoms with Gasteiger partial charge in [-0.15, -0.1) is 5.43 Å². The molecule has 4 nitrogen and oxygen atoms in total. The number of alkyl halides is 3. The van der Waals surface area contributed by atoms with Crippen LogP contribution in [0.2, 0.25) is 0 Å². The Morgan fingerprint density at radius 3 is 1.94 bits per heavy atom. The maximum atomic E-state index is 12.6. The molecule has 0 spiro atoms. The molecule has 0 aliphatic carbocycles. The largest absolute Gasteiger partial charge is 0.246 e. The normalized spacial score (nSPS) is 10.2. The molecule has 0 saturated heterocycles. The van der Waals surface area contributed by atoms with E-state index in [2.05, 4.69) is 0 Å². The quantitative estimate of drug-likeness (QED) is 0.629. The molecule has 0 fully saturated rings. The molecule has 1 N–H and O–H groups in total. The van der Waals surface area contributed by atoms with Crippen LogP contribution < -0.4 is 5.43 Å². The SMILES string of the molecule is O=[N+]([O-])Nc1c(CF)cc(CF)cc1CF. The molecule has 0 radical (unpaired) electrons. The van der Waals surface area contributed by atoms with Crippen molar-refractivity contribution >= 4 is 5.69 Å². The van der Waals surface area contributed by atoms with Crippen molar-refractivity contribution in [1.82, 2.24) is 0 Å². The van der Waals surface area contributed by atoms with Gasteiger partial charge in [0, 0.05) is 11.1 Å². The second-order valence-electron chi connectivity index (χ2n) is 3.06. The van der Waals surface area contributed by atoms with Gasteiger partial charge in [0.15, 0.2) is 5.03 Å². The van der Waals surface area contributed by atoms with Gasteiger partial charge < -0.3 is 0 Å². The Morgan fingerprint density at radius 1 is 1.12 bits per heavy atom. The van der Waals surface area contributed by atoms with Crippen LogP contribution in [0.4, 0.5) is 18.9 Å². The van der Waals surface area contributed by atoms with Crippen molar-refractivity contribution in [3.05, 3.63) is 38.9 Å². The first-order valence-corrected chi connectivity index (χ1v) is 4.36. The second kappa shape index (κ2) is 5.34. The highest BCUT2D eigenvalue weighted by molar-refractivity contribution is 5.57. The van der Waals surface area contributed by atoms with Crippen LogP contribution in [0.3, 0.4) is 0 Å². The molecule has 0 atom stereocenters. The van der Waals surface area contributed by atoms with Crippen molar-refractivity contribution in [2.75, 3.05) is 5.43 Å². The number of nitrogens with one attached hydrogen (secondary N) is 1. The fraction of sp³-hybridized carbons (Fsp3) is 0.333. The summed E-state index contributed by atoms with van der Waals surface area (Å²) in [6.45, 7) is -2.94. The van der Waals surface area contributed by atoms with Crippen LogP contribution in [-0.2, 0) is 20.0 Å². The number of benzene rings is 1. The Kier molecular flexibility index (Phi) is 4.10. The van der Waals surface area contributed by atoms with E-state index < -0.39 is 25.1 Å². The van der Waals surface area contributed by atoms with Crippen LogP contribution in [0.5, 0.6) is 0 Å². The van der Waals surface area contributed by atoms with E-state index in [-0.39, 0.29) is 22.4 Å². The van der Waals surface area contributed by atoms with Crippen molar-refractivity contribution in [3.8, 4) is 0 Å². The Labute approximate surface area is 89.2 Å². The van der Waals surface area contributed by atoms with Gasteiger partial charge in [-0.2, -0.15) is 0 Å². The first-order valence-electron chi connectivity index (χ1n) is 4.36. The molecule has 88 valence electrons. The number of hydrazine groups is 1. The van der Waals surface area contributed by atoms with Crippen molar-refractivity contribution in [3.63, 3.8) is 0 Å². The van der Waals surface area contributed by atoms with Gasteiger partial charge in [0.05, 0.1) is 0 Å². The Morgan fingerprint density at radius 2 is 1.62 bits per heavy atom. The minimum absolute atomic E-state index is 0.0918. The van der Waals surface area contributed by atoms with Gasteiger partial charge in [0.2, 0.25) is 0 Å². The van der Waals surface area contributed by atoms with Crippen molar-refractivity contribution in [1.29, 1.82) is 0 Å². The molecule has 0 aliphatic heterocycles. The standard InChI is InChI=1S/C9H9F3N2O2/c10-3-6-1-7(4-11)9(13-14(15)16)8(2-6)5-12/h1-2,13H,3-5H2. The third kappa shape index (κ3) is 2.62. The summed E-state index contributed by atoms with van der Waals surface area (Å²) in [5.41, 5.74) is 1.31. The second-order valence-corrected chi connectivity index (χ2v) is 3.06. The lowest BCUT2D eigenvalue weighted by molar-refractivity contribution is -0.445. The number of hydrogen-bond donors (Lipinski definition) is 1. The molecule has 0 aromatic heterocycles. The number of halogens is 3. The zero-order valence-electron chi connectivity index (χ0n) is 8.17. The molecular weight excluding hydrogens is 225 g/mol. The first-order chi connectivity index (χ1) is 7.62. The fourth-order valence-corrected chi connectivity index (χ4v) is 1.36. The summed E-state index contributed by atoms with van der Waals surface area (Å²) < 4.78 is 37.5. The van der Waals surface area contributed by atoms with Gasteiger partial charge in [-0.25, -0.2) is 23.3 Å². The van der Waals surface area contributed by atoms with Gasteiger partial charge in [-0.1, -0.05) is 0 Å². The predicted molar refractivity (Wildman–Crippen MR) is 51.5 cm³/mol. The highest BCUT2D eigenvalue weighted by Gasteiger charge is 2.14. The van der Waals surface area contributed by atoms with E-state index in [1.165, 1.54) is 0 Å². The molecule has 1 rings (SSSR count). The maximum Gasteiger partial charge on any atom is 0.162 e. The first kappa shape index (κ1) is 12.3. The predicted octanol–water partition coefficient (Wildman–Crippen LogP) is 2.70. The van der Waals surface area contributed by atoms with Crippen LogP contribution in [-0.4, -0.2) is 5.03 Å². The van der Waals surface area contributed by atoms with Crippen molar-refractivity contribution in [2.45, 2.75) is 20.0 Å². The maximum absolute atomic E-state index is 12.6. The van der Waals surface area contributed by atoms with Crippen LogP contribution in [0.15, 0.2) is 12.1 Å². The zero-order valence-corrected chi connectivity index (χ0v) is 8.17.